The van der Waals surface area contributed by atoms with Crippen LogP contribution >= 0.6 is 0 Å². The molecule has 5 unspecified atom stereocenters. The largest absolute Gasteiger partial charge is 0.493 e. The zero-order chi connectivity index (χ0) is 19.4. The summed E-state index contributed by atoms with van der Waals surface area (Å²) in [7, 11) is 0. The molecule has 2 saturated carbocycles. The van der Waals surface area contributed by atoms with Gasteiger partial charge < -0.3 is 9.47 Å². The highest BCUT2D eigenvalue weighted by Crippen LogP contribution is 2.53. The molecule has 0 aliphatic heterocycles. The molecule has 0 saturated heterocycles. The zero-order valence-electron chi connectivity index (χ0n) is 16.8. The van der Waals surface area contributed by atoms with Gasteiger partial charge >= 0.3 is 5.97 Å². The van der Waals surface area contributed by atoms with Crippen LogP contribution in [0.25, 0.3) is 0 Å². The van der Waals surface area contributed by atoms with Crippen molar-refractivity contribution >= 4 is 12.3 Å². The van der Waals surface area contributed by atoms with Crippen LogP contribution < -0.4 is 4.74 Å². The molecule has 148 valence electrons. The summed E-state index contributed by atoms with van der Waals surface area (Å²) in [5.41, 5.74) is 0.298. The Hall–Kier alpha value is -1.84. The second kappa shape index (κ2) is 8.45. The Morgan fingerprint density at radius 1 is 1.15 bits per heavy atom. The molecule has 2 fully saturated rings. The normalized spacial score (nSPS) is 32.6. The van der Waals surface area contributed by atoms with E-state index in [0.29, 0.717) is 23.1 Å². The molecule has 2 aliphatic rings. The predicted molar refractivity (Wildman–Crippen MR) is 105 cm³/mol. The van der Waals surface area contributed by atoms with Crippen LogP contribution in [-0.4, -0.2) is 24.5 Å². The highest BCUT2D eigenvalue weighted by molar-refractivity contribution is 5.74. The highest BCUT2D eigenvalue weighted by atomic mass is 16.6. The molecule has 1 aromatic rings. The summed E-state index contributed by atoms with van der Waals surface area (Å²) in [5.74, 6) is 2.92. The maximum Gasteiger partial charge on any atom is 0.309 e. The van der Waals surface area contributed by atoms with Crippen LogP contribution in [0.1, 0.15) is 69.7 Å². The van der Waals surface area contributed by atoms with Crippen LogP contribution in [0.4, 0.5) is 0 Å². The summed E-state index contributed by atoms with van der Waals surface area (Å²) in [4.78, 5) is 23.3. The molecular formula is C23H32O4. The van der Waals surface area contributed by atoms with Gasteiger partial charge in [0.2, 0.25) is 0 Å². The number of esters is 1. The van der Waals surface area contributed by atoms with Crippen molar-refractivity contribution in [3.05, 3.63) is 29.8 Å². The molecule has 0 heterocycles. The number of hydrogen-bond donors (Lipinski definition) is 0. The Labute approximate surface area is 162 Å². The van der Waals surface area contributed by atoms with E-state index in [9.17, 15) is 9.59 Å². The van der Waals surface area contributed by atoms with Crippen molar-refractivity contribution in [2.45, 2.75) is 64.9 Å². The average Bonchev–Trinajstić information content (AvgIpc) is 2.65. The van der Waals surface area contributed by atoms with Gasteiger partial charge in [-0.15, -0.1) is 0 Å². The Kier molecular flexibility index (Phi) is 6.23. The van der Waals surface area contributed by atoms with Crippen LogP contribution in [0.3, 0.4) is 0 Å². The molecule has 3 rings (SSSR count). The van der Waals surface area contributed by atoms with Crippen LogP contribution in [0.5, 0.6) is 5.75 Å². The number of fused-ring (bicyclic) bond motifs is 2. The van der Waals surface area contributed by atoms with E-state index in [2.05, 4.69) is 20.8 Å². The third kappa shape index (κ3) is 4.36. The quantitative estimate of drug-likeness (QED) is 0.496. The predicted octanol–water partition coefficient (Wildman–Crippen LogP) is 5.05. The van der Waals surface area contributed by atoms with Crippen molar-refractivity contribution in [2.24, 2.45) is 23.7 Å². The topological polar surface area (TPSA) is 52.6 Å². The SMILES string of the molecule is CCC1(OC(=O)CCOc2ccc(C=O)cc2)C(C)CC2CC(C)CC1C2. The third-order valence-electron chi connectivity index (χ3n) is 6.70. The first-order chi connectivity index (χ1) is 13.0. The van der Waals surface area contributed by atoms with Gasteiger partial charge in [-0.25, -0.2) is 0 Å². The minimum Gasteiger partial charge on any atom is -0.493 e. The number of hydrogen-bond acceptors (Lipinski definition) is 4. The molecule has 5 atom stereocenters. The number of benzene rings is 1. The van der Waals surface area contributed by atoms with Gasteiger partial charge in [0.05, 0.1) is 13.0 Å². The standard InChI is InChI=1S/C23H32O4/c1-4-23(17(3)13-19-11-16(2)12-20(23)14-19)27-22(25)9-10-26-21-7-5-18(15-24)6-8-21/h5-8,15-17,19-20H,4,9-14H2,1-3H3. The van der Waals surface area contributed by atoms with E-state index in [4.69, 9.17) is 9.47 Å². The van der Waals surface area contributed by atoms with E-state index in [1.165, 1.54) is 25.7 Å². The molecule has 0 radical (unpaired) electrons. The van der Waals surface area contributed by atoms with Gasteiger partial charge in [-0.3, -0.25) is 9.59 Å². The summed E-state index contributed by atoms with van der Waals surface area (Å²) in [6, 6.07) is 6.90. The lowest BCUT2D eigenvalue weighted by Gasteiger charge is -2.53. The second-order valence-electron chi connectivity index (χ2n) is 8.58. The van der Waals surface area contributed by atoms with Gasteiger partial charge in [0, 0.05) is 5.56 Å². The van der Waals surface area contributed by atoms with Crippen molar-refractivity contribution in [3.63, 3.8) is 0 Å². The molecule has 1 aromatic carbocycles. The number of aldehydes is 1. The maximum atomic E-state index is 12.6. The lowest BCUT2D eigenvalue weighted by molar-refractivity contribution is -0.191. The molecule has 0 spiro atoms. The van der Waals surface area contributed by atoms with E-state index in [1.807, 2.05) is 0 Å². The van der Waals surface area contributed by atoms with E-state index in [0.717, 1.165) is 24.5 Å². The fourth-order valence-electron chi connectivity index (χ4n) is 5.49. The van der Waals surface area contributed by atoms with Gasteiger partial charge in [0.1, 0.15) is 17.6 Å². The molecular weight excluding hydrogens is 340 g/mol. The van der Waals surface area contributed by atoms with Gasteiger partial charge in [-0.05, 0) is 80.0 Å². The van der Waals surface area contributed by atoms with E-state index < -0.39 is 0 Å². The fraction of sp³-hybridized carbons (Fsp3) is 0.652. The molecule has 2 bridgehead atoms. The summed E-state index contributed by atoms with van der Waals surface area (Å²) in [6.07, 6.45) is 6.80. The van der Waals surface area contributed by atoms with Crippen LogP contribution in [0, 0.1) is 23.7 Å². The monoisotopic (exact) mass is 372 g/mol. The molecule has 4 heteroatoms. The smallest absolute Gasteiger partial charge is 0.309 e. The zero-order valence-corrected chi connectivity index (χ0v) is 16.8. The van der Waals surface area contributed by atoms with Crippen molar-refractivity contribution in [3.8, 4) is 5.75 Å². The summed E-state index contributed by atoms with van der Waals surface area (Å²) >= 11 is 0. The summed E-state index contributed by atoms with van der Waals surface area (Å²) in [5, 5.41) is 0. The summed E-state index contributed by atoms with van der Waals surface area (Å²) < 4.78 is 11.8. The van der Waals surface area contributed by atoms with Gasteiger partial charge in [-0.2, -0.15) is 0 Å². The van der Waals surface area contributed by atoms with Crippen molar-refractivity contribution in [1.29, 1.82) is 0 Å². The Balaban J connectivity index is 1.56. The first kappa shape index (κ1) is 19.9. The fourth-order valence-corrected chi connectivity index (χ4v) is 5.49. The lowest BCUT2D eigenvalue weighted by Crippen LogP contribution is -2.54. The Morgan fingerprint density at radius 2 is 1.89 bits per heavy atom. The number of carbonyl (C=O) groups is 2. The minimum absolute atomic E-state index is 0.162. The minimum atomic E-state index is -0.312. The van der Waals surface area contributed by atoms with Gasteiger partial charge in [0.15, 0.2) is 0 Å². The van der Waals surface area contributed by atoms with Crippen LogP contribution in [0.15, 0.2) is 24.3 Å². The van der Waals surface area contributed by atoms with Crippen LogP contribution in [-0.2, 0) is 9.53 Å². The Morgan fingerprint density at radius 3 is 2.56 bits per heavy atom. The Bertz CT molecular complexity index is 649. The lowest BCUT2D eigenvalue weighted by atomic mass is 9.57. The first-order valence-corrected chi connectivity index (χ1v) is 10.4. The third-order valence-corrected chi connectivity index (χ3v) is 6.70. The maximum absolute atomic E-state index is 12.6. The average molecular weight is 373 g/mol. The summed E-state index contributed by atoms with van der Waals surface area (Å²) in [6.45, 7) is 7.05. The molecule has 0 N–H and O–H groups in total. The molecule has 2 aliphatic carbocycles. The van der Waals surface area contributed by atoms with Crippen molar-refractivity contribution in [2.75, 3.05) is 6.61 Å². The highest BCUT2D eigenvalue weighted by Gasteiger charge is 2.52. The van der Waals surface area contributed by atoms with Crippen molar-refractivity contribution < 1.29 is 19.1 Å². The number of rotatable bonds is 7. The van der Waals surface area contributed by atoms with Crippen molar-refractivity contribution in [1.82, 2.24) is 0 Å². The molecule has 4 nitrogen and oxygen atoms in total. The van der Waals surface area contributed by atoms with E-state index >= 15 is 0 Å². The van der Waals surface area contributed by atoms with Gasteiger partial charge in [0.25, 0.3) is 0 Å². The van der Waals surface area contributed by atoms with E-state index in [-0.39, 0.29) is 24.6 Å². The molecule has 0 amide bonds. The van der Waals surface area contributed by atoms with Gasteiger partial charge in [-0.1, -0.05) is 20.8 Å². The molecule has 0 aromatic heterocycles. The number of carbonyl (C=O) groups excluding carboxylic acids is 2. The first-order valence-electron chi connectivity index (χ1n) is 10.4. The second-order valence-corrected chi connectivity index (χ2v) is 8.58. The molecule has 27 heavy (non-hydrogen) atoms. The van der Waals surface area contributed by atoms with Crippen LogP contribution in [0.2, 0.25) is 0 Å². The van der Waals surface area contributed by atoms with E-state index in [1.54, 1.807) is 24.3 Å². The number of ether oxygens (including phenoxy) is 2.